The average Bonchev–Trinajstić information content (AvgIpc) is 2.85. The first-order chi connectivity index (χ1) is 9.20. The number of ether oxygens (including phenoxy) is 1. The van der Waals surface area contributed by atoms with E-state index < -0.39 is 0 Å². The minimum atomic E-state index is -0.280. The zero-order chi connectivity index (χ0) is 13.7. The van der Waals surface area contributed by atoms with Crippen molar-refractivity contribution in [2.24, 2.45) is 5.92 Å². The Balaban J connectivity index is 1.90. The highest BCUT2D eigenvalue weighted by atomic mass is 79.9. The molecule has 0 aromatic heterocycles. The van der Waals surface area contributed by atoms with Gasteiger partial charge in [-0.25, -0.2) is 0 Å². The zero-order valence-electron chi connectivity index (χ0n) is 11.1. The molecule has 1 saturated heterocycles. The third kappa shape index (κ3) is 4.05. The molecule has 4 heteroatoms. The lowest BCUT2D eigenvalue weighted by Gasteiger charge is -2.20. The van der Waals surface area contributed by atoms with Crippen LogP contribution in [0.15, 0.2) is 30.3 Å². The molecule has 0 bridgehead atoms. The monoisotopic (exact) mass is 325 g/mol. The predicted octanol–water partition coefficient (Wildman–Crippen LogP) is 2.53. The van der Waals surface area contributed by atoms with Crippen LogP contribution in [0.4, 0.5) is 0 Å². The Hall–Kier alpha value is -0.870. The van der Waals surface area contributed by atoms with Crippen molar-refractivity contribution < 1.29 is 9.53 Å². The first-order valence-electron chi connectivity index (χ1n) is 6.72. The highest BCUT2D eigenvalue weighted by Crippen LogP contribution is 2.20. The fraction of sp³-hybridized carbons (Fsp3) is 0.533. The highest BCUT2D eigenvalue weighted by molar-refractivity contribution is 9.09. The third-order valence-corrected chi connectivity index (χ3v) is 4.28. The summed E-state index contributed by atoms with van der Waals surface area (Å²) in [7, 11) is 0. The van der Waals surface area contributed by atoms with Gasteiger partial charge in [0.2, 0.25) is 5.91 Å². The first kappa shape index (κ1) is 14.5. The molecule has 0 aliphatic carbocycles. The van der Waals surface area contributed by atoms with Crippen LogP contribution in [0.1, 0.15) is 18.9 Å². The van der Waals surface area contributed by atoms with Crippen LogP contribution >= 0.6 is 15.9 Å². The molecule has 0 spiro atoms. The maximum absolute atomic E-state index is 12.2. The van der Waals surface area contributed by atoms with E-state index in [4.69, 9.17) is 4.74 Å². The number of nitrogens with one attached hydrogen (secondary N) is 1. The van der Waals surface area contributed by atoms with Crippen molar-refractivity contribution in [1.29, 1.82) is 0 Å². The summed E-state index contributed by atoms with van der Waals surface area (Å²) in [5, 5.41) is 3.82. The Labute approximate surface area is 122 Å². The largest absolute Gasteiger partial charge is 0.368 e. The Kier molecular flexibility index (Phi) is 5.40. The van der Waals surface area contributed by atoms with E-state index in [2.05, 4.69) is 40.3 Å². The Morgan fingerprint density at radius 2 is 2.21 bits per heavy atom. The van der Waals surface area contributed by atoms with E-state index in [9.17, 15) is 4.79 Å². The quantitative estimate of drug-likeness (QED) is 0.845. The lowest BCUT2D eigenvalue weighted by Crippen LogP contribution is -2.44. The molecule has 0 radical (unpaired) electrons. The highest BCUT2D eigenvalue weighted by Gasteiger charge is 2.31. The molecule has 1 aromatic rings. The molecular weight excluding hydrogens is 306 g/mol. The molecule has 104 valence electrons. The van der Waals surface area contributed by atoms with Crippen molar-refractivity contribution in [3.8, 4) is 0 Å². The molecule has 1 fully saturated rings. The van der Waals surface area contributed by atoms with Crippen LogP contribution in [0.5, 0.6) is 0 Å². The number of alkyl halides is 1. The summed E-state index contributed by atoms with van der Waals surface area (Å²) in [6.07, 6.45) is 1.52. The Morgan fingerprint density at radius 1 is 1.47 bits per heavy atom. The standard InChI is InChI=1S/C15H20BrNO2/c1-11-7-8-19-14(11)15(18)17-13(10-16)9-12-5-3-2-4-6-12/h2-6,11,13-14H,7-10H2,1H3,(H,17,18). The Bertz CT molecular complexity index is 410. The van der Waals surface area contributed by atoms with Crippen LogP contribution in [-0.4, -0.2) is 30.0 Å². The number of amides is 1. The number of hydrogen-bond acceptors (Lipinski definition) is 2. The molecule has 1 aliphatic heterocycles. The smallest absolute Gasteiger partial charge is 0.249 e. The van der Waals surface area contributed by atoms with Crippen LogP contribution in [0.3, 0.4) is 0 Å². The summed E-state index contributed by atoms with van der Waals surface area (Å²) < 4.78 is 5.50. The maximum atomic E-state index is 12.2. The molecule has 2 rings (SSSR count). The van der Waals surface area contributed by atoms with Gasteiger partial charge in [0.05, 0.1) is 0 Å². The second kappa shape index (κ2) is 7.06. The van der Waals surface area contributed by atoms with Crippen molar-refractivity contribution >= 4 is 21.8 Å². The van der Waals surface area contributed by atoms with E-state index >= 15 is 0 Å². The average molecular weight is 326 g/mol. The summed E-state index contributed by atoms with van der Waals surface area (Å²) in [6.45, 7) is 2.76. The van der Waals surface area contributed by atoms with Crippen LogP contribution < -0.4 is 5.32 Å². The van der Waals surface area contributed by atoms with Crippen LogP contribution in [0.25, 0.3) is 0 Å². The first-order valence-corrected chi connectivity index (χ1v) is 7.84. The minimum absolute atomic E-state index is 0.0189. The molecular formula is C15H20BrNO2. The SMILES string of the molecule is CC1CCOC1C(=O)NC(CBr)Cc1ccccc1. The van der Waals surface area contributed by atoms with E-state index in [0.29, 0.717) is 12.5 Å². The van der Waals surface area contributed by atoms with Gasteiger partial charge < -0.3 is 10.1 Å². The van der Waals surface area contributed by atoms with E-state index in [0.717, 1.165) is 18.2 Å². The molecule has 1 amide bonds. The Morgan fingerprint density at radius 3 is 2.79 bits per heavy atom. The van der Waals surface area contributed by atoms with Crippen LogP contribution in [0, 0.1) is 5.92 Å². The molecule has 0 saturated carbocycles. The number of rotatable bonds is 5. The van der Waals surface area contributed by atoms with E-state index in [1.54, 1.807) is 0 Å². The van der Waals surface area contributed by atoms with Crippen LogP contribution in [-0.2, 0) is 16.0 Å². The molecule has 3 atom stereocenters. The summed E-state index contributed by atoms with van der Waals surface area (Å²) in [5.74, 6) is 0.332. The number of halogens is 1. The number of benzene rings is 1. The number of hydrogen-bond donors (Lipinski definition) is 1. The van der Waals surface area contributed by atoms with Gasteiger partial charge in [0.1, 0.15) is 6.10 Å². The predicted molar refractivity (Wildman–Crippen MR) is 79.4 cm³/mol. The van der Waals surface area contributed by atoms with E-state index in [1.807, 2.05) is 18.2 Å². The van der Waals surface area contributed by atoms with Crippen molar-refractivity contribution in [1.82, 2.24) is 5.32 Å². The van der Waals surface area contributed by atoms with Crippen molar-refractivity contribution in [3.63, 3.8) is 0 Å². The molecule has 19 heavy (non-hydrogen) atoms. The summed E-state index contributed by atoms with van der Waals surface area (Å²) in [6, 6.07) is 10.3. The summed E-state index contributed by atoms with van der Waals surface area (Å²) in [5.41, 5.74) is 1.23. The van der Waals surface area contributed by atoms with Crippen molar-refractivity contribution in [2.45, 2.75) is 31.9 Å². The zero-order valence-corrected chi connectivity index (χ0v) is 12.7. The molecule has 1 aliphatic rings. The maximum Gasteiger partial charge on any atom is 0.249 e. The van der Waals surface area contributed by atoms with Gasteiger partial charge >= 0.3 is 0 Å². The minimum Gasteiger partial charge on any atom is -0.368 e. The van der Waals surface area contributed by atoms with Gasteiger partial charge in [-0.2, -0.15) is 0 Å². The summed E-state index contributed by atoms with van der Waals surface area (Å²) >= 11 is 3.47. The van der Waals surface area contributed by atoms with Gasteiger partial charge in [0.25, 0.3) is 0 Å². The van der Waals surface area contributed by atoms with Gasteiger partial charge in [-0.3, -0.25) is 4.79 Å². The van der Waals surface area contributed by atoms with Gasteiger partial charge in [0.15, 0.2) is 0 Å². The molecule has 1 N–H and O–H groups in total. The van der Waals surface area contributed by atoms with Crippen molar-refractivity contribution in [3.05, 3.63) is 35.9 Å². The van der Waals surface area contributed by atoms with Gasteiger partial charge in [0, 0.05) is 18.0 Å². The van der Waals surface area contributed by atoms with Crippen LogP contribution in [0.2, 0.25) is 0 Å². The van der Waals surface area contributed by atoms with E-state index in [1.165, 1.54) is 5.56 Å². The molecule has 1 aromatic carbocycles. The lowest BCUT2D eigenvalue weighted by atomic mass is 10.0. The normalized spacial score (nSPS) is 24.1. The van der Waals surface area contributed by atoms with Crippen molar-refractivity contribution in [2.75, 3.05) is 11.9 Å². The fourth-order valence-corrected chi connectivity index (χ4v) is 2.75. The summed E-state index contributed by atoms with van der Waals surface area (Å²) in [4.78, 5) is 12.2. The molecule has 1 heterocycles. The van der Waals surface area contributed by atoms with E-state index in [-0.39, 0.29) is 18.1 Å². The second-order valence-corrected chi connectivity index (χ2v) is 5.75. The fourth-order valence-electron chi connectivity index (χ4n) is 2.36. The third-order valence-electron chi connectivity index (χ3n) is 3.50. The molecule has 3 nitrogen and oxygen atoms in total. The van der Waals surface area contributed by atoms with Gasteiger partial charge in [-0.15, -0.1) is 0 Å². The topological polar surface area (TPSA) is 38.3 Å². The number of carbonyl (C=O) groups is 1. The second-order valence-electron chi connectivity index (χ2n) is 5.11. The van der Waals surface area contributed by atoms with Gasteiger partial charge in [-0.1, -0.05) is 53.2 Å². The van der Waals surface area contributed by atoms with Gasteiger partial charge in [-0.05, 0) is 24.3 Å². The molecule has 3 unspecified atom stereocenters. The number of carbonyl (C=O) groups excluding carboxylic acids is 1. The lowest BCUT2D eigenvalue weighted by molar-refractivity contribution is -0.132.